The number of nitrogens with one attached hydrogen (secondary N) is 2. The maximum Gasteiger partial charge on any atom is 0.316 e. The Morgan fingerprint density at radius 1 is 1.08 bits per heavy atom. The van der Waals surface area contributed by atoms with Gasteiger partial charge in [0.05, 0.1) is 24.1 Å². The van der Waals surface area contributed by atoms with Crippen molar-refractivity contribution in [2.24, 2.45) is 5.92 Å². The number of ketones is 1. The van der Waals surface area contributed by atoms with Gasteiger partial charge in [-0.1, -0.05) is 47.5 Å². The largest absolute Gasteiger partial charge is 0.496 e. The van der Waals surface area contributed by atoms with Gasteiger partial charge in [0, 0.05) is 15.6 Å². The number of ether oxygens (including phenoxy) is 1. The average molecular weight is 595 g/mol. The van der Waals surface area contributed by atoms with Crippen LogP contribution in [-0.2, 0) is 19.6 Å². The van der Waals surface area contributed by atoms with E-state index >= 15 is 0 Å². The van der Waals surface area contributed by atoms with Crippen LogP contribution in [0.25, 0.3) is 11.1 Å². The molecular formula is C27H25Cl2FN2O6S. The van der Waals surface area contributed by atoms with Gasteiger partial charge in [-0.15, -0.1) is 0 Å². The summed E-state index contributed by atoms with van der Waals surface area (Å²) in [6.45, 7) is 0.546. The molecule has 39 heavy (non-hydrogen) atoms. The minimum atomic E-state index is -4.39. The second kappa shape index (κ2) is 12.0. The van der Waals surface area contributed by atoms with E-state index < -0.39 is 45.6 Å². The summed E-state index contributed by atoms with van der Waals surface area (Å²) >= 11 is 12.0. The second-order valence-corrected chi connectivity index (χ2v) is 11.6. The number of sulfonamides is 1. The number of rotatable bonds is 10. The fraction of sp³-hybridized carbons (Fsp3) is 0.259. The molecule has 206 valence electrons. The SMILES string of the molecule is COc1ccc(F)cc1-c1ccc([C@H](NS(=O)(=O)c2cc(Cl)cc(Cl)c2)[C@H](C(=O)O)C(=O)C2CCCN2)cc1. The number of carboxylic acid groups (broad SMARTS) is 1. The lowest BCUT2D eigenvalue weighted by molar-refractivity contribution is -0.148. The smallest absolute Gasteiger partial charge is 0.316 e. The van der Waals surface area contributed by atoms with Crippen LogP contribution in [0.15, 0.2) is 65.6 Å². The summed E-state index contributed by atoms with van der Waals surface area (Å²) in [5.74, 6) is -3.96. The number of aliphatic carboxylic acids is 1. The lowest BCUT2D eigenvalue weighted by atomic mass is 9.86. The number of methoxy groups -OCH3 is 1. The highest BCUT2D eigenvalue weighted by Gasteiger charge is 2.42. The summed E-state index contributed by atoms with van der Waals surface area (Å²) in [5.41, 5.74) is 1.19. The zero-order valence-corrected chi connectivity index (χ0v) is 23.0. The van der Waals surface area contributed by atoms with Gasteiger partial charge < -0.3 is 15.2 Å². The van der Waals surface area contributed by atoms with Gasteiger partial charge in [-0.3, -0.25) is 9.59 Å². The molecular weight excluding hydrogens is 570 g/mol. The molecule has 3 aromatic rings. The van der Waals surface area contributed by atoms with Crippen molar-refractivity contribution in [3.8, 4) is 16.9 Å². The average Bonchev–Trinajstić information content (AvgIpc) is 3.43. The Labute approximate surface area is 235 Å². The summed E-state index contributed by atoms with van der Waals surface area (Å²) in [7, 11) is -2.95. The standard InChI is InChI=1S/C27H25Cl2FN2O6S/c1-38-23-9-8-19(30)14-21(23)15-4-6-16(7-5-15)25(24(27(34)35)26(33)22-3-2-10-31-22)32-39(36,37)20-12-17(28)11-18(29)13-20/h4-9,11-14,22,24-25,31-32H,2-3,10H2,1H3,(H,34,35)/t22?,24-,25-/m0/s1. The lowest BCUT2D eigenvalue weighted by Gasteiger charge is -2.27. The van der Waals surface area contributed by atoms with Crippen LogP contribution in [0.5, 0.6) is 5.75 Å². The molecule has 0 bridgehead atoms. The highest BCUT2D eigenvalue weighted by atomic mass is 35.5. The van der Waals surface area contributed by atoms with Gasteiger partial charge in [0.25, 0.3) is 0 Å². The Hall–Kier alpha value is -3.02. The number of benzene rings is 3. The fourth-order valence-corrected chi connectivity index (χ4v) is 6.56. The molecule has 1 fully saturated rings. The van der Waals surface area contributed by atoms with Gasteiger partial charge in [0.2, 0.25) is 10.0 Å². The molecule has 0 spiro atoms. The van der Waals surface area contributed by atoms with E-state index in [0.717, 1.165) is 0 Å². The number of carboxylic acids is 1. The van der Waals surface area contributed by atoms with Crippen molar-refractivity contribution in [3.63, 3.8) is 0 Å². The highest BCUT2D eigenvalue weighted by molar-refractivity contribution is 7.89. The number of Topliss-reactive ketones (excluding diaryl/α,β-unsaturated/α-hetero) is 1. The van der Waals surface area contributed by atoms with Gasteiger partial charge in [0.1, 0.15) is 17.5 Å². The second-order valence-electron chi connectivity index (χ2n) is 9.04. The van der Waals surface area contributed by atoms with Gasteiger partial charge >= 0.3 is 5.97 Å². The minimum absolute atomic E-state index is 0.0637. The fourth-order valence-electron chi connectivity index (χ4n) is 4.60. The van der Waals surface area contributed by atoms with Crippen LogP contribution in [0.3, 0.4) is 0 Å². The number of halogens is 3. The Bertz CT molecular complexity index is 1470. The molecule has 0 amide bonds. The van der Waals surface area contributed by atoms with Gasteiger partial charge in [-0.25, -0.2) is 17.5 Å². The zero-order valence-electron chi connectivity index (χ0n) is 20.7. The summed E-state index contributed by atoms with van der Waals surface area (Å²) in [6.07, 6.45) is 1.12. The molecule has 3 aromatic carbocycles. The molecule has 0 radical (unpaired) electrons. The van der Waals surface area contributed by atoms with Crippen LogP contribution in [0.4, 0.5) is 4.39 Å². The molecule has 1 unspecified atom stereocenters. The van der Waals surface area contributed by atoms with Gasteiger partial charge in [0.15, 0.2) is 5.78 Å². The molecule has 0 aliphatic carbocycles. The monoisotopic (exact) mass is 594 g/mol. The Kier molecular flexibility index (Phi) is 8.93. The van der Waals surface area contributed by atoms with Crippen molar-refractivity contribution in [1.29, 1.82) is 0 Å². The maximum absolute atomic E-state index is 14.0. The summed E-state index contributed by atoms with van der Waals surface area (Å²) < 4.78 is 48.5. The minimum Gasteiger partial charge on any atom is -0.496 e. The van der Waals surface area contributed by atoms with Crippen LogP contribution in [0, 0.1) is 11.7 Å². The Morgan fingerprint density at radius 2 is 1.74 bits per heavy atom. The zero-order chi connectivity index (χ0) is 28.3. The molecule has 0 saturated carbocycles. The van der Waals surface area contributed by atoms with E-state index in [-0.39, 0.29) is 20.5 Å². The van der Waals surface area contributed by atoms with E-state index in [9.17, 15) is 27.5 Å². The summed E-state index contributed by atoms with van der Waals surface area (Å²) in [6, 6.07) is 11.6. The summed E-state index contributed by atoms with van der Waals surface area (Å²) in [4.78, 5) is 25.5. The molecule has 1 heterocycles. The third-order valence-electron chi connectivity index (χ3n) is 6.48. The third-order valence-corrected chi connectivity index (χ3v) is 8.34. The maximum atomic E-state index is 14.0. The van der Waals surface area contributed by atoms with Crippen molar-refractivity contribution < 1.29 is 32.2 Å². The molecule has 4 rings (SSSR count). The molecule has 8 nitrogen and oxygen atoms in total. The highest BCUT2D eigenvalue weighted by Crippen LogP contribution is 2.34. The van der Waals surface area contributed by atoms with E-state index in [0.29, 0.717) is 36.3 Å². The molecule has 1 aliphatic heterocycles. The van der Waals surface area contributed by atoms with Crippen molar-refractivity contribution in [2.75, 3.05) is 13.7 Å². The van der Waals surface area contributed by atoms with Crippen LogP contribution in [-0.4, -0.2) is 45.0 Å². The van der Waals surface area contributed by atoms with Gasteiger partial charge in [-0.05, 0) is 66.9 Å². The number of hydrogen-bond donors (Lipinski definition) is 3. The predicted molar refractivity (Wildman–Crippen MR) is 145 cm³/mol. The van der Waals surface area contributed by atoms with E-state index in [1.54, 1.807) is 12.1 Å². The van der Waals surface area contributed by atoms with Gasteiger partial charge in [-0.2, -0.15) is 0 Å². The van der Waals surface area contributed by atoms with Crippen LogP contribution >= 0.6 is 23.2 Å². The predicted octanol–water partition coefficient (Wildman–Crippen LogP) is 4.85. The van der Waals surface area contributed by atoms with Crippen LogP contribution < -0.4 is 14.8 Å². The number of hydrogen-bond acceptors (Lipinski definition) is 6. The van der Waals surface area contributed by atoms with Crippen LogP contribution in [0.2, 0.25) is 10.0 Å². The molecule has 1 saturated heterocycles. The number of carbonyl (C=O) groups excluding carboxylic acids is 1. The van der Waals surface area contributed by atoms with E-state index in [2.05, 4.69) is 10.0 Å². The molecule has 1 aliphatic rings. The van der Waals surface area contributed by atoms with Crippen molar-refractivity contribution >= 4 is 45.0 Å². The van der Waals surface area contributed by atoms with Crippen molar-refractivity contribution in [3.05, 3.63) is 82.1 Å². The van der Waals surface area contributed by atoms with E-state index in [1.165, 1.54) is 55.6 Å². The quantitative estimate of drug-likeness (QED) is 0.287. The summed E-state index contributed by atoms with van der Waals surface area (Å²) in [5, 5.41) is 13.2. The van der Waals surface area contributed by atoms with Crippen molar-refractivity contribution in [2.45, 2.75) is 29.8 Å². The lowest BCUT2D eigenvalue weighted by Crippen LogP contribution is -2.46. The first kappa shape index (κ1) is 29.0. The van der Waals surface area contributed by atoms with Crippen LogP contribution in [0.1, 0.15) is 24.4 Å². The first-order valence-electron chi connectivity index (χ1n) is 11.9. The Morgan fingerprint density at radius 3 is 2.31 bits per heavy atom. The third kappa shape index (κ3) is 6.59. The first-order valence-corrected chi connectivity index (χ1v) is 14.2. The normalized spacial score (nSPS) is 17.0. The molecule has 12 heteroatoms. The van der Waals surface area contributed by atoms with E-state index in [4.69, 9.17) is 27.9 Å². The number of carbonyl (C=O) groups is 2. The molecule has 3 N–H and O–H groups in total. The Balaban J connectivity index is 1.79. The van der Waals surface area contributed by atoms with Crippen molar-refractivity contribution in [1.82, 2.24) is 10.0 Å². The first-order chi connectivity index (χ1) is 18.5. The molecule has 0 aromatic heterocycles. The van der Waals surface area contributed by atoms with E-state index in [1.807, 2.05) is 0 Å². The molecule has 3 atom stereocenters. The topological polar surface area (TPSA) is 122 Å².